The second kappa shape index (κ2) is 10.3. The van der Waals surface area contributed by atoms with Crippen LogP contribution < -0.4 is 16.0 Å². The molecule has 4 N–H and O–H groups in total. The van der Waals surface area contributed by atoms with Crippen molar-refractivity contribution in [2.24, 2.45) is 7.05 Å². The standard InChI is InChI=1S/C17H17N9O5S4/c1-18-15(32)21-16-19-7(5-34-16)10(27)11(28)20-8-12(29)26-9(14(30)31)6(3-33-13(8)26)4-35-17-22-23-24-25(17)2/h5,8,13H,3-4H2,1-2H3,(H,20,28)(H,30,31)(H2,18,19,21,32)/t8?,13-/m0/s1. The summed E-state index contributed by atoms with van der Waals surface area (Å²) in [5.74, 6) is -3.19. The maximum absolute atomic E-state index is 12.8. The number of aliphatic carboxylic acids is 1. The van der Waals surface area contributed by atoms with Crippen LogP contribution in [-0.4, -0.2) is 93.8 Å². The van der Waals surface area contributed by atoms with E-state index in [1.54, 1.807) is 14.1 Å². The van der Waals surface area contributed by atoms with Gasteiger partial charge in [0.25, 0.3) is 17.6 Å². The molecule has 0 radical (unpaired) electrons. The summed E-state index contributed by atoms with van der Waals surface area (Å²) < 4.78 is 1.46. The molecule has 0 saturated carbocycles. The number of carbonyl (C=O) groups is 4. The number of Topliss-reactive ketones (excluding diaryl/α,β-unsaturated/α-hetero) is 1. The quantitative estimate of drug-likeness (QED) is 0.105. The third-order valence-electron chi connectivity index (χ3n) is 4.88. The molecule has 2 aromatic heterocycles. The first-order valence-corrected chi connectivity index (χ1v) is 13.1. The Bertz CT molecular complexity index is 1260. The summed E-state index contributed by atoms with van der Waals surface area (Å²) >= 11 is 8.60. The van der Waals surface area contributed by atoms with Crippen molar-refractivity contribution in [2.75, 3.05) is 23.9 Å². The average Bonchev–Trinajstić information content (AvgIpc) is 3.48. The molecule has 0 aliphatic carbocycles. The topological polar surface area (TPSA) is 184 Å². The molecular weight excluding hydrogens is 539 g/mol. The number of β-lactam (4-membered cyclic amide) rings is 1. The lowest BCUT2D eigenvalue weighted by Crippen LogP contribution is -2.71. The highest BCUT2D eigenvalue weighted by Gasteiger charge is 2.54. The fourth-order valence-corrected chi connectivity index (χ4v) is 6.40. The van der Waals surface area contributed by atoms with Crippen LogP contribution in [0, 0.1) is 0 Å². The number of aromatic nitrogens is 5. The second-order valence-electron chi connectivity index (χ2n) is 7.06. The minimum Gasteiger partial charge on any atom is -0.477 e. The highest BCUT2D eigenvalue weighted by Crippen LogP contribution is 2.41. The molecule has 1 unspecified atom stereocenters. The van der Waals surface area contributed by atoms with E-state index in [-0.39, 0.29) is 17.1 Å². The molecule has 2 atom stereocenters. The fraction of sp³-hybridized carbons (Fsp3) is 0.353. The zero-order valence-electron chi connectivity index (χ0n) is 18.0. The highest BCUT2D eigenvalue weighted by molar-refractivity contribution is 8.01. The summed E-state index contributed by atoms with van der Waals surface area (Å²) in [6, 6.07) is -1.03. The van der Waals surface area contributed by atoms with Crippen molar-refractivity contribution in [2.45, 2.75) is 16.6 Å². The second-order valence-corrected chi connectivity index (χ2v) is 10.4. The van der Waals surface area contributed by atoms with Crippen LogP contribution in [0.3, 0.4) is 0 Å². The molecule has 0 aromatic carbocycles. The summed E-state index contributed by atoms with van der Waals surface area (Å²) in [5.41, 5.74) is 0.300. The maximum Gasteiger partial charge on any atom is 0.352 e. The van der Waals surface area contributed by atoms with Gasteiger partial charge in [0, 0.05) is 31.0 Å². The molecule has 0 spiro atoms. The van der Waals surface area contributed by atoms with Gasteiger partial charge >= 0.3 is 5.97 Å². The van der Waals surface area contributed by atoms with Crippen LogP contribution in [0.1, 0.15) is 10.5 Å². The molecule has 2 aliphatic heterocycles. The van der Waals surface area contributed by atoms with E-state index in [0.717, 1.165) is 16.2 Å². The van der Waals surface area contributed by atoms with Crippen LogP contribution in [0.5, 0.6) is 0 Å². The van der Waals surface area contributed by atoms with Crippen LogP contribution in [0.15, 0.2) is 21.8 Å². The number of ketones is 1. The Morgan fingerprint density at radius 3 is 2.80 bits per heavy atom. The third-order valence-corrected chi connectivity index (χ3v) is 8.38. The number of thiazole rings is 1. The van der Waals surface area contributed by atoms with Gasteiger partial charge in [-0.2, -0.15) is 0 Å². The highest BCUT2D eigenvalue weighted by atomic mass is 32.2. The Hall–Kier alpha value is -3.09. The van der Waals surface area contributed by atoms with Gasteiger partial charge in [0.15, 0.2) is 10.2 Å². The fourth-order valence-electron chi connectivity index (χ4n) is 3.21. The number of rotatable bonds is 8. The van der Waals surface area contributed by atoms with Crippen LogP contribution in [-0.2, 0) is 21.4 Å². The lowest BCUT2D eigenvalue weighted by Gasteiger charge is -2.49. The lowest BCUT2D eigenvalue weighted by molar-refractivity contribution is -0.150. The van der Waals surface area contributed by atoms with E-state index >= 15 is 0 Å². The van der Waals surface area contributed by atoms with Gasteiger partial charge in [-0.05, 0) is 28.2 Å². The van der Waals surface area contributed by atoms with Crippen LogP contribution in [0.4, 0.5) is 5.13 Å². The molecule has 0 bridgehead atoms. The van der Waals surface area contributed by atoms with Gasteiger partial charge < -0.3 is 21.1 Å². The number of aryl methyl sites for hydroxylation is 1. The van der Waals surface area contributed by atoms with Crippen LogP contribution >= 0.6 is 47.1 Å². The zero-order chi connectivity index (χ0) is 25.3. The Morgan fingerprint density at radius 2 is 2.14 bits per heavy atom. The molecule has 1 fully saturated rings. The summed E-state index contributed by atoms with van der Waals surface area (Å²) in [7, 11) is 3.28. The number of nitrogens with zero attached hydrogens (tertiary/aromatic N) is 6. The van der Waals surface area contributed by atoms with Crippen LogP contribution in [0.25, 0.3) is 0 Å². The number of tetrazole rings is 1. The van der Waals surface area contributed by atoms with Gasteiger partial charge in [-0.3, -0.25) is 19.3 Å². The van der Waals surface area contributed by atoms with Crippen molar-refractivity contribution < 1.29 is 24.3 Å². The van der Waals surface area contributed by atoms with Gasteiger partial charge in [0.2, 0.25) is 5.16 Å². The minimum absolute atomic E-state index is 0.0995. The van der Waals surface area contributed by atoms with Crippen molar-refractivity contribution in [3.8, 4) is 0 Å². The number of hydrogen-bond donors (Lipinski definition) is 4. The minimum atomic E-state index is -1.25. The number of amides is 2. The number of anilines is 1. The van der Waals surface area contributed by atoms with E-state index < -0.39 is 35.0 Å². The Morgan fingerprint density at radius 1 is 1.37 bits per heavy atom. The number of hydrogen-bond acceptors (Lipinski definition) is 12. The van der Waals surface area contributed by atoms with Gasteiger partial charge in [0.1, 0.15) is 22.8 Å². The largest absolute Gasteiger partial charge is 0.477 e. The first kappa shape index (κ1) is 25.0. The number of fused-ring (bicyclic) bond motifs is 1. The maximum atomic E-state index is 12.8. The molecule has 18 heteroatoms. The lowest BCUT2D eigenvalue weighted by atomic mass is 10.0. The predicted molar refractivity (Wildman–Crippen MR) is 131 cm³/mol. The van der Waals surface area contributed by atoms with E-state index in [1.165, 1.54) is 33.6 Å². The first-order valence-electron chi connectivity index (χ1n) is 9.75. The summed E-state index contributed by atoms with van der Waals surface area (Å²) in [5, 5.41) is 30.6. The molecule has 35 heavy (non-hydrogen) atoms. The van der Waals surface area contributed by atoms with Gasteiger partial charge in [-0.25, -0.2) is 14.5 Å². The Kier molecular flexibility index (Phi) is 7.33. The van der Waals surface area contributed by atoms with E-state index in [0.29, 0.717) is 26.7 Å². The SMILES string of the molecule is CNC(=S)Nc1nc(C(=O)C(=O)NC2C(=O)N3C(C(=O)O)=C(CSc4nnnn4C)CS[C@@H]23)cs1. The number of carbonyl (C=O) groups excluding carboxylic acids is 3. The average molecular weight is 556 g/mol. The normalized spacial score (nSPS) is 19.0. The van der Waals surface area contributed by atoms with E-state index in [2.05, 4.69) is 36.5 Å². The van der Waals surface area contributed by atoms with Crippen molar-refractivity contribution >= 4 is 80.9 Å². The molecule has 2 aromatic rings. The smallest absolute Gasteiger partial charge is 0.352 e. The predicted octanol–water partition coefficient (Wildman–Crippen LogP) is -0.704. The Balaban J connectivity index is 1.42. The molecule has 1 saturated heterocycles. The Labute approximate surface area is 215 Å². The molecule has 4 rings (SSSR count). The van der Waals surface area contributed by atoms with Crippen LogP contribution in [0.2, 0.25) is 0 Å². The van der Waals surface area contributed by atoms with Crippen molar-refractivity contribution in [3.05, 3.63) is 22.3 Å². The van der Waals surface area contributed by atoms with E-state index in [9.17, 15) is 24.3 Å². The molecule has 4 heterocycles. The van der Waals surface area contributed by atoms with Crippen molar-refractivity contribution in [1.29, 1.82) is 0 Å². The first-order chi connectivity index (χ1) is 16.7. The van der Waals surface area contributed by atoms with Gasteiger partial charge in [-0.1, -0.05) is 11.8 Å². The van der Waals surface area contributed by atoms with Crippen molar-refractivity contribution in [1.82, 2.24) is 40.7 Å². The number of carboxylic acids is 1. The van der Waals surface area contributed by atoms with Crippen molar-refractivity contribution in [3.63, 3.8) is 0 Å². The van der Waals surface area contributed by atoms with E-state index in [4.69, 9.17) is 12.2 Å². The monoisotopic (exact) mass is 555 g/mol. The third kappa shape index (κ3) is 5.00. The molecular formula is C17H17N9O5S4. The van der Waals surface area contributed by atoms with Gasteiger partial charge in [0.05, 0.1) is 0 Å². The number of carboxylic acid groups (broad SMARTS) is 1. The number of thioether (sulfide) groups is 2. The zero-order valence-corrected chi connectivity index (χ0v) is 21.3. The number of thiocarbonyl (C=S) groups is 1. The van der Waals surface area contributed by atoms with E-state index in [1.807, 2.05) is 0 Å². The number of nitrogens with one attached hydrogen (secondary N) is 3. The summed E-state index contributed by atoms with van der Waals surface area (Å²) in [4.78, 5) is 55.0. The van der Waals surface area contributed by atoms with Gasteiger partial charge in [-0.15, -0.1) is 28.2 Å². The molecule has 2 aliphatic rings. The molecule has 2 amide bonds. The molecule has 14 nitrogen and oxygen atoms in total. The summed E-state index contributed by atoms with van der Waals surface area (Å²) in [6.07, 6.45) is 0. The summed E-state index contributed by atoms with van der Waals surface area (Å²) in [6.45, 7) is 0. The molecule has 184 valence electrons.